The highest BCUT2D eigenvalue weighted by atomic mass is 16.7. The number of carbonyl (C=O) groups excluding carboxylic acids is 2. The summed E-state index contributed by atoms with van der Waals surface area (Å²) in [5.41, 5.74) is 0. The number of quaternary nitrogens is 1. The van der Waals surface area contributed by atoms with E-state index in [0.717, 1.165) is 103 Å². The van der Waals surface area contributed by atoms with Gasteiger partial charge in [0.25, 0.3) is 6.29 Å². The number of hydrogen-bond donors (Lipinski definition) is 1. The highest BCUT2D eigenvalue weighted by Crippen LogP contribution is 2.19. The summed E-state index contributed by atoms with van der Waals surface area (Å²) in [6.07, 6.45) is 108. The number of ether oxygens (including phenoxy) is 4. The molecule has 0 aliphatic heterocycles. The van der Waals surface area contributed by atoms with Crippen LogP contribution in [0.4, 0.5) is 0 Å². The zero-order valence-electron chi connectivity index (χ0n) is 64.0. The van der Waals surface area contributed by atoms with Crippen LogP contribution in [0, 0.1) is 0 Å². The molecule has 2 unspecified atom stereocenters. The molecular formula is C88H154NO8+. The molecule has 9 nitrogen and oxygen atoms in total. The molecule has 1 N–H and O–H groups in total. The van der Waals surface area contributed by atoms with Gasteiger partial charge in [0.1, 0.15) is 13.2 Å². The first-order valence-corrected chi connectivity index (χ1v) is 40.7. The standard InChI is InChI=1S/C88H153NO8/c1-6-8-10-12-14-16-18-20-22-24-26-28-30-32-34-36-38-40-42-43-45-47-49-51-53-55-57-59-61-63-65-67-69-71-73-75-77-79-86(91)97-84(83-96-88(87(92)93)94-81-80-89(3,4)5)82-95-85(90)78-76-74-72-70-68-66-64-62-60-58-56-54-52-50-48-46-44-41-39-37-35-33-31-29-27-25-23-21-19-17-15-13-11-9-7-2/h8,10,14,16,20,22,25-28,32,34,38,40,43,45,49,51,55,57,84,88H,6-7,9,11-13,15,17-19,21,23-24,29-31,33,35-37,39,41-42,44,46-48,50,52-54,56,58-83H2,1-5H3/p+1/b10-8-,16-14-,22-20-,27-25-,28-26-,34-32-,40-38-,45-43-,51-49-,57-55-. The van der Waals surface area contributed by atoms with Crippen molar-refractivity contribution in [3.05, 3.63) is 122 Å². The van der Waals surface area contributed by atoms with Gasteiger partial charge in [0, 0.05) is 12.8 Å². The largest absolute Gasteiger partial charge is 0.477 e. The first kappa shape index (κ1) is 92.7. The van der Waals surface area contributed by atoms with Crippen LogP contribution in [0.2, 0.25) is 0 Å². The van der Waals surface area contributed by atoms with E-state index in [1.54, 1.807) is 0 Å². The van der Waals surface area contributed by atoms with Gasteiger partial charge in [-0.05, 0) is 109 Å². The van der Waals surface area contributed by atoms with Crippen LogP contribution >= 0.6 is 0 Å². The minimum atomic E-state index is -1.52. The van der Waals surface area contributed by atoms with E-state index in [1.165, 1.54) is 225 Å². The number of aliphatic carboxylic acids is 1. The number of nitrogens with zero attached hydrogens (tertiary/aromatic N) is 1. The lowest BCUT2D eigenvalue weighted by Gasteiger charge is -2.25. The fraction of sp³-hybridized carbons (Fsp3) is 0.739. The van der Waals surface area contributed by atoms with Crippen molar-refractivity contribution < 1.29 is 42.9 Å². The van der Waals surface area contributed by atoms with E-state index in [1.807, 2.05) is 21.1 Å². The van der Waals surface area contributed by atoms with Crippen LogP contribution in [0.1, 0.15) is 361 Å². The first-order valence-electron chi connectivity index (χ1n) is 40.7. The van der Waals surface area contributed by atoms with Crippen LogP contribution in [0.5, 0.6) is 0 Å². The van der Waals surface area contributed by atoms with E-state index in [4.69, 9.17) is 18.9 Å². The molecule has 0 spiro atoms. The maximum Gasteiger partial charge on any atom is 0.361 e. The summed E-state index contributed by atoms with van der Waals surface area (Å²) in [7, 11) is 5.98. The Morgan fingerprint density at radius 1 is 0.320 bits per heavy atom. The SMILES string of the molecule is CC/C=C\C/C=C\C/C=C\C/C=C\C/C=C\C/C=C\C/C=C\C/C=C\C/C=C\CCCCCCCCCCCC(=O)OC(COC(=O)CCCCCCCCCCCCCCCCCCCCCCCCC/C=C\CCCCCCCCCC)COC(OCC[N+](C)(C)C)C(=O)O. The third-order valence-corrected chi connectivity index (χ3v) is 17.7. The molecule has 0 aromatic rings. The number of hydrogen-bond acceptors (Lipinski definition) is 7. The fourth-order valence-electron chi connectivity index (χ4n) is 11.5. The predicted molar refractivity (Wildman–Crippen MR) is 419 cm³/mol. The molecule has 0 heterocycles. The average Bonchev–Trinajstić information content (AvgIpc) is 3.11. The zero-order valence-corrected chi connectivity index (χ0v) is 64.0. The number of carboxylic acid groups (broad SMARTS) is 1. The second-order valence-corrected chi connectivity index (χ2v) is 28.3. The van der Waals surface area contributed by atoms with Gasteiger partial charge in [0.15, 0.2) is 6.10 Å². The topological polar surface area (TPSA) is 108 Å². The van der Waals surface area contributed by atoms with Gasteiger partial charge in [-0.15, -0.1) is 0 Å². The number of carboxylic acids is 1. The maximum absolute atomic E-state index is 13.0. The van der Waals surface area contributed by atoms with E-state index in [9.17, 15) is 19.5 Å². The summed E-state index contributed by atoms with van der Waals surface area (Å²) in [5, 5.41) is 9.78. The number of esters is 2. The highest BCUT2D eigenvalue weighted by Gasteiger charge is 2.25. The van der Waals surface area contributed by atoms with Gasteiger partial charge in [-0.1, -0.05) is 360 Å². The number of unbranched alkanes of at least 4 members (excludes halogenated alkanes) is 40. The van der Waals surface area contributed by atoms with Crippen molar-refractivity contribution in [2.24, 2.45) is 0 Å². The molecule has 9 heteroatoms. The molecule has 558 valence electrons. The molecule has 0 amide bonds. The Hall–Kier alpha value is -4.31. The van der Waals surface area contributed by atoms with Crippen molar-refractivity contribution in [1.29, 1.82) is 0 Å². The van der Waals surface area contributed by atoms with Gasteiger partial charge < -0.3 is 28.5 Å². The predicted octanol–water partition coefficient (Wildman–Crippen LogP) is 26.3. The number of rotatable bonds is 75. The molecule has 0 bridgehead atoms. The Morgan fingerprint density at radius 3 is 0.887 bits per heavy atom. The average molecular weight is 1350 g/mol. The third kappa shape index (κ3) is 78.9. The first-order chi connectivity index (χ1) is 47.6. The third-order valence-electron chi connectivity index (χ3n) is 17.7. The van der Waals surface area contributed by atoms with E-state index >= 15 is 0 Å². The van der Waals surface area contributed by atoms with Crippen LogP contribution < -0.4 is 0 Å². The number of likely N-dealkylation sites (N-methyl/N-ethyl adjacent to an activating group) is 1. The zero-order chi connectivity index (χ0) is 70.4. The number of allylic oxidation sites excluding steroid dienone is 20. The molecule has 0 aromatic carbocycles. The Morgan fingerprint density at radius 2 is 0.588 bits per heavy atom. The van der Waals surface area contributed by atoms with Crippen LogP contribution in [-0.4, -0.2) is 87.4 Å². The lowest BCUT2D eigenvalue weighted by molar-refractivity contribution is -0.870. The van der Waals surface area contributed by atoms with Gasteiger partial charge in [0.2, 0.25) is 0 Å². The van der Waals surface area contributed by atoms with E-state index in [0.29, 0.717) is 23.9 Å². The normalized spacial score (nSPS) is 13.3. The molecule has 0 radical (unpaired) electrons. The monoisotopic (exact) mass is 1350 g/mol. The maximum atomic E-state index is 13.0. The van der Waals surface area contributed by atoms with Crippen molar-refractivity contribution in [2.45, 2.75) is 373 Å². The molecule has 0 saturated carbocycles. The summed E-state index contributed by atoms with van der Waals surface area (Å²) < 4.78 is 23.0. The molecule has 0 rings (SSSR count). The Labute approximate surface area is 599 Å². The molecule has 0 fully saturated rings. The molecule has 0 aliphatic rings. The summed E-state index contributed by atoms with van der Waals surface area (Å²) in [4.78, 5) is 37.8. The van der Waals surface area contributed by atoms with Crippen LogP contribution in [0.3, 0.4) is 0 Å². The summed E-state index contributed by atoms with van der Waals surface area (Å²) >= 11 is 0. The van der Waals surface area contributed by atoms with Gasteiger partial charge in [0.05, 0.1) is 34.4 Å². The highest BCUT2D eigenvalue weighted by molar-refractivity contribution is 5.71. The van der Waals surface area contributed by atoms with Crippen LogP contribution in [0.25, 0.3) is 0 Å². The van der Waals surface area contributed by atoms with Crippen molar-refractivity contribution in [1.82, 2.24) is 0 Å². The Kier molecular flexibility index (Phi) is 74.0. The lowest BCUT2D eigenvalue weighted by Crippen LogP contribution is -2.40. The van der Waals surface area contributed by atoms with Crippen molar-refractivity contribution in [3.63, 3.8) is 0 Å². The second kappa shape index (κ2) is 77.4. The number of carbonyl (C=O) groups is 3. The van der Waals surface area contributed by atoms with E-state index in [2.05, 4.69) is 135 Å². The quantitative estimate of drug-likeness (QED) is 0.0211. The van der Waals surface area contributed by atoms with Crippen molar-refractivity contribution >= 4 is 17.9 Å². The van der Waals surface area contributed by atoms with E-state index in [-0.39, 0.29) is 32.2 Å². The smallest absolute Gasteiger partial charge is 0.361 e. The Bertz CT molecular complexity index is 2020. The molecule has 0 aliphatic carbocycles. The molecule has 0 aromatic heterocycles. The Balaban J connectivity index is 4.06. The van der Waals surface area contributed by atoms with E-state index < -0.39 is 24.3 Å². The van der Waals surface area contributed by atoms with Crippen LogP contribution in [0.15, 0.2) is 122 Å². The van der Waals surface area contributed by atoms with Crippen molar-refractivity contribution in [3.8, 4) is 0 Å². The molecule has 97 heavy (non-hydrogen) atoms. The van der Waals surface area contributed by atoms with Crippen molar-refractivity contribution in [2.75, 3.05) is 47.5 Å². The summed E-state index contributed by atoms with van der Waals surface area (Å²) in [6.45, 7) is 4.79. The molecule has 0 saturated heterocycles. The summed E-state index contributed by atoms with van der Waals surface area (Å²) in [5.74, 6) is -2.00. The van der Waals surface area contributed by atoms with Gasteiger partial charge in [-0.2, -0.15) is 0 Å². The second-order valence-electron chi connectivity index (χ2n) is 28.3. The molecular weight excluding hydrogens is 1200 g/mol. The fourth-order valence-corrected chi connectivity index (χ4v) is 11.5. The van der Waals surface area contributed by atoms with Gasteiger partial charge in [-0.25, -0.2) is 4.79 Å². The minimum Gasteiger partial charge on any atom is -0.477 e. The van der Waals surface area contributed by atoms with Crippen LogP contribution in [-0.2, 0) is 33.3 Å². The summed E-state index contributed by atoms with van der Waals surface area (Å²) in [6, 6.07) is 0. The van der Waals surface area contributed by atoms with Gasteiger partial charge in [-0.3, -0.25) is 9.59 Å². The molecule has 2 atom stereocenters. The minimum absolute atomic E-state index is 0.183. The van der Waals surface area contributed by atoms with Gasteiger partial charge >= 0.3 is 17.9 Å². The lowest BCUT2D eigenvalue weighted by atomic mass is 10.0.